The number of nitrogens with zero attached hydrogens (tertiary/aromatic N) is 2. The molecule has 1 atom stereocenters. The second-order valence-electron chi connectivity index (χ2n) is 5.51. The maximum Gasteiger partial charge on any atom is 0.409 e. The summed E-state index contributed by atoms with van der Waals surface area (Å²) < 4.78 is 5.60. The minimum absolute atomic E-state index is 0.0291. The fourth-order valence-corrected chi connectivity index (χ4v) is 2.16. The highest BCUT2D eigenvalue weighted by Gasteiger charge is 2.27. The quantitative estimate of drug-likeness (QED) is 0.774. The molecule has 22 heavy (non-hydrogen) atoms. The average molecular weight is 308 g/mol. The molecular formula is C14H20N4O4. The number of carbonyl (C=O) groups is 2. The van der Waals surface area contributed by atoms with Gasteiger partial charge in [-0.05, 0) is 26.8 Å². The molecule has 1 aliphatic rings. The summed E-state index contributed by atoms with van der Waals surface area (Å²) in [6.07, 6.45) is 0.223. The van der Waals surface area contributed by atoms with Crippen molar-refractivity contribution in [2.24, 2.45) is 0 Å². The summed E-state index contributed by atoms with van der Waals surface area (Å²) in [5.74, 6) is 0.419. The van der Waals surface area contributed by atoms with Gasteiger partial charge >= 0.3 is 12.1 Å². The van der Waals surface area contributed by atoms with Crippen LogP contribution in [0, 0.1) is 0 Å². The van der Waals surface area contributed by atoms with Crippen LogP contribution < -0.4 is 15.4 Å². The number of ether oxygens (including phenoxy) is 1. The molecule has 0 saturated heterocycles. The molecule has 0 aromatic carbocycles. The molecule has 8 heteroatoms. The molecule has 2 heterocycles. The molecule has 0 unspecified atom stereocenters. The van der Waals surface area contributed by atoms with E-state index in [2.05, 4.69) is 15.6 Å². The van der Waals surface area contributed by atoms with Crippen molar-refractivity contribution >= 4 is 17.8 Å². The van der Waals surface area contributed by atoms with Crippen LogP contribution in [0.3, 0.4) is 0 Å². The molecule has 1 aromatic rings. The van der Waals surface area contributed by atoms with Crippen molar-refractivity contribution in [1.82, 2.24) is 15.2 Å². The van der Waals surface area contributed by atoms with E-state index in [9.17, 15) is 9.59 Å². The van der Waals surface area contributed by atoms with Crippen LogP contribution in [0.25, 0.3) is 0 Å². The first-order chi connectivity index (χ1) is 10.4. The predicted octanol–water partition coefficient (Wildman–Crippen LogP) is 1.87. The second-order valence-corrected chi connectivity index (χ2v) is 5.51. The summed E-state index contributed by atoms with van der Waals surface area (Å²) in [6.45, 7) is 6.30. The highest BCUT2D eigenvalue weighted by atomic mass is 16.5. The Labute approximate surface area is 128 Å². The lowest BCUT2D eigenvalue weighted by atomic mass is 10.2. The molecule has 1 aromatic heterocycles. The van der Waals surface area contributed by atoms with Gasteiger partial charge in [0.1, 0.15) is 6.61 Å². The molecule has 3 N–H and O–H groups in total. The van der Waals surface area contributed by atoms with Gasteiger partial charge in [-0.2, -0.15) is 0 Å². The van der Waals surface area contributed by atoms with Crippen LogP contribution in [0.15, 0.2) is 12.3 Å². The van der Waals surface area contributed by atoms with Crippen LogP contribution >= 0.6 is 0 Å². The summed E-state index contributed by atoms with van der Waals surface area (Å²) in [6, 6.07) is 1.35. The van der Waals surface area contributed by atoms with E-state index in [4.69, 9.17) is 9.84 Å². The fourth-order valence-electron chi connectivity index (χ4n) is 2.16. The number of carboxylic acid groups (broad SMARTS) is 1. The van der Waals surface area contributed by atoms with Gasteiger partial charge in [0, 0.05) is 11.6 Å². The van der Waals surface area contributed by atoms with Gasteiger partial charge in [0.2, 0.25) is 5.88 Å². The highest BCUT2D eigenvalue weighted by Crippen LogP contribution is 2.25. The Bertz CT molecular complexity index is 576. The van der Waals surface area contributed by atoms with Gasteiger partial charge in [-0.1, -0.05) is 0 Å². The maximum absolute atomic E-state index is 12.3. The number of amides is 3. The zero-order valence-corrected chi connectivity index (χ0v) is 12.8. The van der Waals surface area contributed by atoms with E-state index in [1.807, 2.05) is 20.8 Å². The van der Waals surface area contributed by atoms with E-state index in [0.29, 0.717) is 30.3 Å². The smallest absolute Gasteiger partial charge is 0.409 e. The topological polar surface area (TPSA) is 104 Å². The van der Waals surface area contributed by atoms with E-state index in [1.54, 1.807) is 11.0 Å². The molecule has 0 radical (unpaired) electrons. The molecule has 8 nitrogen and oxygen atoms in total. The molecule has 1 aliphatic heterocycles. The predicted molar refractivity (Wildman–Crippen MR) is 80.1 cm³/mol. The van der Waals surface area contributed by atoms with Gasteiger partial charge in [-0.15, -0.1) is 0 Å². The lowest BCUT2D eigenvalue weighted by molar-refractivity contribution is 0.154. The van der Waals surface area contributed by atoms with Crippen LogP contribution in [-0.4, -0.2) is 45.8 Å². The Morgan fingerprint density at radius 2 is 2.23 bits per heavy atom. The number of urea groups is 1. The van der Waals surface area contributed by atoms with Crippen molar-refractivity contribution in [3.05, 3.63) is 17.8 Å². The van der Waals surface area contributed by atoms with Crippen molar-refractivity contribution in [1.29, 1.82) is 0 Å². The number of pyridine rings is 1. The van der Waals surface area contributed by atoms with Crippen LogP contribution in [0.4, 0.5) is 15.3 Å². The third-order valence-corrected chi connectivity index (χ3v) is 3.18. The zero-order chi connectivity index (χ0) is 16.3. The molecule has 0 saturated carbocycles. The number of nitrogens with one attached hydrogen (secondary N) is 2. The molecule has 0 aliphatic carbocycles. The molecule has 0 fully saturated rings. The standard InChI is InChI=1S/C14H20N4O4/c1-8(2)16-13(19)18-6-10-4-11(17-14(20)21)5-15-12(10)22-7-9(18)3/h4-5,8-9,17H,6-7H2,1-3H3,(H,16,19)(H,20,21)/t9-/m1/s1. The largest absolute Gasteiger partial charge is 0.475 e. The van der Waals surface area contributed by atoms with Crippen LogP contribution in [-0.2, 0) is 6.54 Å². The van der Waals surface area contributed by atoms with Crippen molar-refractivity contribution in [3.8, 4) is 5.88 Å². The molecule has 0 spiro atoms. The molecule has 2 rings (SSSR count). The van der Waals surface area contributed by atoms with Gasteiger partial charge in [-0.25, -0.2) is 14.6 Å². The monoisotopic (exact) mass is 308 g/mol. The zero-order valence-electron chi connectivity index (χ0n) is 12.8. The third-order valence-electron chi connectivity index (χ3n) is 3.18. The van der Waals surface area contributed by atoms with Crippen LogP contribution in [0.2, 0.25) is 0 Å². The van der Waals surface area contributed by atoms with Crippen molar-refractivity contribution < 1.29 is 19.4 Å². The van der Waals surface area contributed by atoms with E-state index in [0.717, 1.165) is 0 Å². The number of fused-ring (bicyclic) bond motifs is 1. The van der Waals surface area contributed by atoms with E-state index in [1.165, 1.54) is 6.20 Å². The first-order valence-electron chi connectivity index (χ1n) is 7.05. The van der Waals surface area contributed by atoms with Gasteiger partial charge in [0.05, 0.1) is 24.5 Å². The van der Waals surface area contributed by atoms with Gasteiger partial charge in [0.25, 0.3) is 0 Å². The minimum atomic E-state index is -1.17. The summed E-state index contributed by atoms with van der Waals surface area (Å²) in [4.78, 5) is 28.7. The first kappa shape index (κ1) is 15.9. The van der Waals surface area contributed by atoms with E-state index in [-0.39, 0.29) is 18.1 Å². The molecule has 0 bridgehead atoms. The Hall–Kier alpha value is -2.51. The number of hydrogen-bond donors (Lipinski definition) is 3. The first-order valence-corrected chi connectivity index (χ1v) is 7.05. The SMILES string of the molecule is CC(C)NC(=O)N1Cc2cc(NC(=O)O)cnc2OC[C@H]1C. The molecule has 120 valence electrons. The summed E-state index contributed by atoms with van der Waals surface area (Å²) in [5.41, 5.74) is 1.00. The third kappa shape index (κ3) is 3.78. The maximum atomic E-state index is 12.3. The lowest BCUT2D eigenvalue weighted by Crippen LogP contribution is -2.47. The Morgan fingerprint density at radius 1 is 1.50 bits per heavy atom. The van der Waals surface area contributed by atoms with Crippen molar-refractivity contribution in [2.75, 3.05) is 11.9 Å². The normalized spacial score (nSPS) is 17.3. The number of hydrogen-bond acceptors (Lipinski definition) is 4. The van der Waals surface area contributed by atoms with E-state index < -0.39 is 6.09 Å². The Kier molecular flexibility index (Phi) is 4.69. The summed E-state index contributed by atoms with van der Waals surface area (Å²) >= 11 is 0. The van der Waals surface area contributed by atoms with Crippen LogP contribution in [0.5, 0.6) is 5.88 Å². The number of aromatic nitrogens is 1. The second kappa shape index (κ2) is 6.50. The van der Waals surface area contributed by atoms with Gasteiger partial charge in [0.15, 0.2) is 0 Å². The Morgan fingerprint density at radius 3 is 2.86 bits per heavy atom. The van der Waals surface area contributed by atoms with E-state index >= 15 is 0 Å². The number of rotatable bonds is 2. The molecular weight excluding hydrogens is 288 g/mol. The minimum Gasteiger partial charge on any atom is -0.475 e. The van der Waals surface area contributed by atoms with Crippen LogP contribution in [0.1, 0.15) is 26.3 Å². The highest BCUT2D eigenvalue weighted by molar-refractivity contribution is 5.82. The molecule has 3 amide bonds. The van der Waals surface area contributed by atoms with Gasteiger partial charge < -0.3 is 20.1 Å². The number of carbonyl (C=O) groups excluding carboxylic acids is 1. The Balaban J connectivity index is 2.24. The van der Waals surface area contributed by atoms with Crippen molar-refractivity contribution in [3.63, 3.8) is 0 Å². The lowest BCUT2D eigenvalue weighted by Gasteiger charge is -2.27. The van der Waals surface area contributed by atoms with Gasteiger partial charge in [-0.3, -0.25) is 5.32 Å². The number of anilines is 1. The summed E-state index contributed by atoms with van der Waals surface area (Å²) in [5, 5.41) is 13.9. The average Bonchev–Trinajstić information content (AvgIpc) is 2.57. The summed E-state index contributed by atoms with van der Waals surface area (Å²) in [7, 11) is 0. The van der Waals surface area contributed by atoms with Crippen molar-refractivity contribution in [2.45, 2.75) is 39.4 Å². The fraction of sp³-hybridized carbons (Fsp3) is 0.500.